The Bertz CT molecular complexity index is 335. The molecule has 0 atom stereocenters. The van der Waals surface area contributed by atoms with Gasteiger partial charge in [0.15, 0.2) is 0 Å². The van der Waals surface area contributed by atoms with Crippen molar-refractivity contribution < 1.29 is 4.79 Å². The second kappa shape index (κ2) is 5.78. The fourth-order valence-electron chi connectivity index (χ4n) is 0.856. The van der Waals surface area contributed by atoms with Crippen LogP contribution in [0.5, 0.6) is 0 Å². The van der Waals surface area contributed by atoms with Crippen molar-refractivity contribution in [3.8, 4) is 0 Å². The highest BCUT2D eigenvalue weighted by molar-refractivity contribution is 7.09. The molecule has 0 radical (unpaired) electrons. The number of carbonyl (C=O) groups is 1. The smallest absolute Gasteiger partial charge is 0.271 e. The molecular weight excluding hydrogens is 220 g/mol. The highest BCUT2D eigenvalue weighted by Gasteiger charge is 2.06. The Kier molecular flexibility index (Phi) is 4.62. The maximum absolute atomic E-state index is 11.4. The third-order valence-corrected chi connectivity index (χ3v) is 2.44. The van der Waals surface area contributed by atoms with E-state index < -0.39 is 0 Å². The van der Waals surface area contributed by atoms with Crippen LogP contribution in [0.25, 0.3) is 0 Å². The molecule has 1 aromatic heterocycles. The van der Waals surface area contributed by atoms with Gasteiger partial charge in [0, 0.05) is 17.8 Å². The molecule has 0 saturated carbocycles. The fourth-order valence-corrected chi connectivity index (χ4v) is 1.58. The summed E-state index contributed by atoms with van der Waals surface area (Å²) in [4.78, 5) is 15.5. The van der Waals surface area contributed by atoms with Crippen LogP contribution in [0.4, 0.5) is 0 Å². The van der Waals surface area contributed by atoms with Gasteiger partial charge in [0.2, 0.25) is 0 Å². The molecule has 0 aromatic carbocycles. The van der Waals surface area contributed by atoms with Crippen LogP contribution in [-0.2, 0) is 0 Å². The first-order chi connectivity index (χ1) is 6.74. The van der Waals surface area contributed by atoms with Crippen molar-refractivity contribution in [2.45, 2.75) is 6.92 Å². The first kappa shape index (κ1) is 11.2. The molecule has 0 spiro atoms. The molecule has 5 heteroatoms. The number of nitrogens with zero attached hydrogens (tertiary/aromatic N) is 1. The quantitative estimate of drug-likeness (QED) is 0.635. The fraction of sp³-hybridized carbons (Fsp3) is 0.333. The monoisotopic (exact) mass is 230 g/mol. The lowest BCUT2D eigenvalue weighted by atomic mass is 10.4. The summed E-state index contributed by atoms with van der Waals surface area (Å²) in [6.07, 6.45) is 3.60. The van der Waals surface area contributed by atoms with Crippen LogP contribution >= 0.6 is 22.9 Å². The second-order valence-electron chi connectivity index (χ2n) is 2.59. The Hall–Kier alpha value is -0.870. The van der Waals surface area contributed by atoms with E-state index in [9.17, 15) is 4.79 Å². The Morgan fingerprint density at radius 1 is 1.71 bits per heavy atom. The molecule has 1 aromatic rings. The van der Waals surface area contributed by atoms with Crippen LogP contribution < -0.4 is 5.32 Å². The van der Waals surface area contributed by atoms with Crippen molar-refractivity contribution in [1.29, 1.82) is 0 Å². The molecule has 1 heterocycles. The van der Waals surface area contributed by atoms with Crippen LogP contribution in [0.1, 0.15) is 15.5 Å². The molecule has 0 aliphatic heterocycles. The summed E-state index contributed by atoms with van der Waals surface area (Å²) >= 11 is 6.89. The van der Waals surface area contributed by atoms with Crippen molar-refractivity contribution in [3.05, 3.63) is 28.2 Å². The highest BCUT2D eigenvalue weighted by atomic mass is 35.5. The molecule has 1 amide bonds. The van der Waals surface area contributed by atoms with Crippen LogP contribution in [-0.4, -0.2) is 23.3 Å². The maximum atomic E-state index is 11.4. The number of allylic oxidation sites excluding steroid dienone is 1. The number of carbonyl (C=O) groups excluding carboxylic acids is 1. The predicted octanol–water partition coefficient (Wildman–Crippen LogP) is 1.98. The van der Waals surface area contributed by atoms with Gasteiger partial charge >= 0.3 is 0 Å². The summed E-state index contributed by atoms with van der Waals surface area (Å²) in [5.41, 5.74) is 0.478. The Balaban J connectivity index is 2.39. The minimum Gasteiger partial charge on any atom is -0.347 e. The molecule has 1 N–H and O–H groups in total. The summed E-state index contributed by atoms with van der Waals surface area (Å²) in [7, 11) is 0. The Labute approximate surface area is 91.8 Å². The van der Waals surface area contributed by atoms with Crippen molar-refractivity contribution in [2.75, 3.05) is 12.4 Å². The average Bonchev–Trinajstić information content (AvgIpc) is 2.59. The molecule has 1 rings (SSSR count). The summed E-state index contributed by atoms with van der Waals surface area (Å²) in [6, 6.07) is 0. The van der Waals surface area contributed by atoms with Gasteiger partial charge < -0.3 is 5.32 Å². The summed E-state index contributed by atoms with van der Waals surface area (Å²) < 4.78 is 0. The van der Waals surface area contributed by atoms with E-state index in [4.69, 9.17) is 11.6 Å². The van der Waals surface area contributed by atoms with Gasteiger partial charge in [-0.05, 0) is 6.92 Å². The number of alkyl halides is 1. The lowest BCUT2D eigenvalue weighted by molar-refractivity contribution is 0.0953. The third kappa shape index (κ3) is 3.47. The number of nitrogens with one attached hydrogen (secondary N) is 1. The van der Waals surface area contributed by atoms with Gasteiger partial charge in [0.1, 0.15) is 5.69 Å². The Morgan fingerprint density at radius 2 is 2.50 bits per heavy atom. The number of aromatic nitrogens is 1. The van der Waals surface area contributed by atoms with E-state index in [0.29, 0.717) is 18.1 Å². The average molecular weight is 231 g/mol. The van der Waals surface area contributed by atoms with E-state index in [-0.39, 0.29) is 5.91 Å². The van der Waals surface area contributed by atoms with E-state index in [2.05, 4.69) is 10.3 Å². The number of thiazole rings is 1. The molecular formula is C9H11ClN2OS. The molecule has 76 valence electrons. The van der Waals surface area contributed by atoms with Crippen LogP contribution in [0.3, 0.4) is 0 Å². The van der Waals surface area contributed by atoms with E-state index in [0.717, 1.165) is 5.01 Å². The largest absolute Gasteiger partial charge is 0.347 e. The normalized spacial score (nSPS) is 10.7. The topological polar surface area (TPSA) is 42.0 Å². The van der Waals surface area contributed by atoms with Crippen molar-refractivity contribution >= 4 is 28.8 Å². The van der Waals surface area contributed by atoms with Crippen LogP contribution in [0.2, 0.25) is 0 Å². The second-order valence-corrected chi connectivity index (χ2v) is 3.96. The minimum atomic E-state index is -0.145. The van der Waals surface area contributed by atoms with Gasteiger partial charge in [0.05, 0.1) is 5.01 Å². The summed E-state index contributed by atoms with van der Waals surface area (Å²) in [6.45, 7) is 2.36. The first-order valence-corrected chi connectivity index (χ1v) is 5.56. The lowest BCUT2D eigenvalue weighted by Crippen LogP contribution is -2.23. The standard InChI is InChI=1S/C9H11ClN2OS/c1-7-12-8(6-14-7)9(13)11-5-3-2-4-10/h2-3,6H,4-5H2,1H3,(H,11,13)/b3-2+. The molecule has 14 heavy (non-hydrogen) atoms. The minimum absolute atomic E-state index is 0.145. The number of halogens is 1. The van der Waals surface area contributed by atoms with Gasteiger partial charge in [-0.3, -0.25) is 4.79 Å². The van der Waals surface area contributed by atoms with E-state index >= 15 is 0 Å². The number of aryl methyl sites for hydroxylation is 1. The van der Waals surface area contributed by atoms with Crippen LogP contribution in [0.15, 0.2) is 17.5 Å². The number of hydrogen-bond donors (Lipinski definition) is 1. The van der Waals surface area contributed by atoms with E-state index in [1.165, 1.54) is 11.3 Å². The molecule has 0 aliphatic carbocycles. The van der Waals surface area contributed by atoms with Gasteiger partial charge in [-0.15, -0.1) is 22.9 Å². The molecule has 0 bridgehead atoms. The van der Waals surface area contributed by atoms with Crippen LogP contribution in [0, 0.1) is 6.92 Å². The molecule has 0 aliphatic rings. The SMILES string of the molecule is Cc1nc(C(=O)NC/C=C/CCl)cs1. The zero-order valence-corrected chi connectivity index (χ0v) is 9.36. The van der Waals surface area contributed by atoms with E-state index in [1.54, 1.807) is 11.5 Å². The predicted molar refractivity (Wildman–Crippen MR) is 59.0 cm³/mol. The van der Waals surface area contributed by atoms with Crippen molar-refractivity contribution in [3.63, 3.8) is 0 Å². The molecule has 3 nitrogen and oxygen atoms in total. The number of amides is 1. The van der Waals surface area contributed by atoms with Gasteiger partial charge in [-0.25, -0.2) is 4.98 Å². The molecule has 0 unspecified atom stereocenters. The van der Waals surface area contributed by atoms with Gasteiger partial charge in [0.25, 0.3) is 5.91 Å². The van der Waals surface area contributed by atoms with Crippen molar-refractivity contribution in [2.24, 2.45) is 0 Å². The number of rotatable bonds is 4. The molecule has 0 fully saturated rings. The lowest BCUT2D eigenvalue weighted by Gasteiger charge is -1.97. The highest BCUT2D eigenvalue weighted by Crippen LogP contribution is 2.07. The summed E-state index contributed by atoms with van der Waals surface area (Å²) in [5.74, 6) is 0.319. The first-order valence-electron chi connectivity index (χ1n) is 4.15. The van der Waals surface area contributed by atoms with E-state index in [1.807, 2.05) is 13.0 Å². The van der Waals surface area contributed by atoms with Crippen molar-refractivity contribution in [1.82, 2.24) is 10.3 Å². The van der Waals surface area contributed by atoms with Gasteiger partial charge in [-0.2, -0.15) is 0 Å². The summed E-state index contributed by atoms with van der Waals surface area (Å²) in [5, 5.41) is 5.35. The zero-order chi connectivity index (χ0) is 10.4. The molecule has 0 saturated heterocycles. The number of hydrogen-bond acceptors (Lipinski definition) is 3. The Morgan fingerprint density at radius 3 is 3.07 bits per heavy atom. The zero-order valence-electron chi connectivity index (χ0n) is 7.79. The van der Waals surface area contributed by atoms with Gasteiger partial charge in [-0.1, -0.05) is 12.2 Å². The maximum Gasteiger partial charge on any atom is 0.271 e. The third-order valence-electron chi connectivity index (χ3n) is 1.49.